The van der Waals surface area contributed by atoms with Gasteiger partial charge in [-0.15, -0.1) is 0 Å². The van der Waals surface area contributed by atoms with Gasteiger partial charge in [0.1, 0.15) is 23.2 Å². The Kier molecular flexibility index (Phi) is 5.40. The van der Waals surface area contributed by atoms with Crippen molar-refractivity contribution < 1.29 is 19.1 Å². The maximum Gasteiger partial charge on any atom is 0.335 e. The molecule has 1 aromatic heterocycles. The molecule has 1 amide bonds. The molecule has 1 aromatic carbocycles. The summed E-state index contributed by atoms with van der Waals surface area (Å²) in [5.74, 6) is -0.679. The summed E-state index contributed by atoms with van der Waals surface area (Å²) in [6, 6.07) is 9.99. The number of hydrogen-bond donors (Lipinski definition) is 2. The molecule has 128 valence electrons. The molecule has 0 atom stereocenters. The molecule has 6 heteroatoms. The fraction of sp³-hybridized carbons (Fsp3) is 0.211. The highest BCUT2D eigenvalue weighted by Crippen LogP contribution is 2.28. The van der Waals surface area contributed by atoms with Gasteiger partial charge in [-0.3, -0.25) is 4.79 Å². The molecular formula is C19H18N2O4. The minimum atomic E-state index is -1.01. The first kappa shape index (κ1) is 18.0. The van der Waals surface area contributed by atoms with E-state index in [0.29, 0.717) is 22.6 Å². The highest BCUT2D eigenvalue weighted by Gasteiger charge is 2.15. The van der Waals surface area contributed by atoms with E-state index in [0.717, 1.165) is 0 Å². The summed E-state index contributed by atoms with van der Waals surface area (Å²) in [6.07, 6.45) is 1.36. The van der Waals surface area contributed by atoms with Gasteiger partial charge >= 0.3 is 5.97 Å². The van der Waals surface area contributed by atoms with Crippen LogP contribution in [0.2, 0.25) is 0 Å². The van der Waals surface area contributed by atoms with Crippen molar-refractivity contribution in [2.45, 2.75) is 26.8 Å². The van der Waals surface area contributed by atoms with Gasteiger partial charge in [0.05, 0.1) is 5.56 Å². The zero-order valence-corrected chi connectivity index (χ0v) is 14.2. The third-order valence-electron chi connectivity index (χ3n) is 3.53. The summed E-state index contributed by atoms with van der Waals surface area (Å²) in [4.78, 5) is 23.2. The van der Waals surface area contributed by atoms with Crippen LogP contribution < -0.4 is 5.32 Å². The van der Waals surface area contributed by atoms with Gasteiger partial charge in [0.25, 0.3) is 5.91 Å². The predicted molar refractivity (Wildman–Crippen MR) is 92.7 cm³/mol. The monoisotopic (exact) mass is 338 g/mol. The zero-order chi connectivity index (χ0) is 18.6. The Bertz CT molecular complexity index is 885. The lowest BCUT2D eigenvalue weighted by Gasteiger charge is -2.07. The fourth-order valence-electron chi connectivity index (χ4n) is 2.34. The fourth-order valence-corrected chi connectivity index (χ4v) is 2.34. The van der Waals surface area contributed by atoms with Gasteiger partial charge in [-0.1, -0.05) is 12.1 Å². The van der Waals surface area contributed by atoms with Crippen LogP contribution in [0.3, 0.4) is 0 Å². The number of hydrogen-bond acceptors (Lipinski definition) is 4. The van der Waals surface area contributed by atoms with Crippen molar-refractivity contribution in [2.75, 3.05) is 0 Å². The van der Waals surface area contributed by atoms with Crippen LogP contribution in [0, 0.1) is 18.3 Å². The van der Waals surface area contributed by atoms with Crippen LogP contribution in [0.5, 0.6) is 0 Å². The number of nitrogens with zero attached hydrogens (tertiary/aromatic N) is 1. The van der Waals surface area contributed by atoms with Gasteiger partial charge in [-0.25, -0.2) is 4.79 Å². The highest BCUT2D eigenvalue weighted by molar-refractivity contribution is 6.01. The average molecular weight is 338 g/mol. The Morgan fingerprint density at radius 3 is 2.60 bits per heavy atom. The molecular weight excluding hydrogens is 320 g/mol. The Hall–Kier alpha value is -3.33. The van der Waals surface area contributed by atoms with E-state index in [2.05, 4.69) is 5.32 Å². The number of amides is 1. The maximum absolute atomic E-state index is 11.9. The summed E-state index contributed by atoms with van der Waals surface area (Å²) in [6.45, 7) is 5.31. The van der Waals surface area contributed by atoms with Gasteiger partial charge in [-0.05, 0) is 44.5 Å². The van der Waals surface area contributed by atoms with Crippen LogP contribution in [0.25, 0.3) is 17.4 Å². The summed E-state index contributed by atoms with van der Waals surface area (Å²) in [5.41, 5.74) is 1.35. The number of carboxylic acid groups (broad SMARTS) is 1. The van der Waals surface area contributed by atoms with Crippen molar-refractivity contribution in [2.24, 2.45) is 0 Å². The summed E-state index contributed by atoms with van der Waals surface area (Å²) in [7, 11) is 0. The molecule has 0 unspecified atom stereocenters. The van der Waals surface area contributed by atoms with Crippen molar-refractivity contribution in [1.82, 2.24) is 5.32 Å². The summed E-state index contributed by atoms with van der Waals surface area (Å²) >= 11 is 0. The molecule has 0 bridgehead atoms. The molecule has 0 saturated heterocycles. The highest BCUT2D eigenvalue weighted by atomic mass is 16.4. The van der Waals surface area contributed by atoms with Crippen LogP contribution in [0.1, 0.15) is 35.5 Å². The molecule has 0 saturated carbocycles. The molecule has 2 N–H and O–H groups in total. The third kappa shape index (κ3) is 4.15. The van der Waals surface area contributed by atoms with Gasteiger partial charge in [0.15, 0.2) is 0 Å². The lowest BCUT2D eigenvalue weighted by Crippen LogP contribution is -2.30. The van der Waals surface area contributed by atoms with Crippen LogP contribution in [-0.4, -0.2) is 23.0 Å². The average Bonchev–Trinajstić information content (AvgIpc) is 3.00. The predicted octanol–water partition coefficient (Wildman–Crippen LogP) is 3.38. The first-order chi connectivity index (χ1) is 11.8. The smallest absolute Gasteiger partial charge is 0.335 e. The second kappa shape index (κ2) is 7.49. The number of nitrogens with one attached hydrogen (secondary N) is 1. The molecule has 6 nitrogen and oxygen atoms in total. The maximum atomic E-state index is 11.9. The van der Waals surface area contributed by atoms with Crippen molar-refractivity contribution in [3.63, 3.8) is 0 Å². The number of nitriles is 1. The van der Waals surface area contributed by atoms with E-state index in [9.17, 15) is 14.7 Å². The third-order valence-corrected chi connectivity index (χ3v) is 3.53. The van der Waals surface area contributed by atoms with Crippen LogP contribution in [0.4, 0.5) is 0 Å². The van der Waals surface area contributed by atoms with Gasteiger partial charge in [-0.2, -0.15) is 5.26 Å². The summed E-state index contributed by atoms with van der Waals surface area (Å²) < 4.78 is 5.67. The lowest BCUT2D eigenvalue weighted by atomic mass is 10.0. The Morgan fingerprint density at radius 1 is 1.28 bits per heavy atom. The van der Waals surface area contributed by atoms with Crippen LogP contribution in [-0.2, 0) is 4.79 Å². The molecule has 2 aromatic rings. The van der Waals surface area contributed by atoms with Gasteiger partial charge < -0.3 is 14.8 Å². The normalized spacial score (nSPS) is 11.2. The number of carboxylic acids is 1. The second-order valence-electron chi connectivity index (χ2n) is 5.78. The van der Waals surface area contributed by atoms with Gasteiger partial charge in [0.2, 0.25) is 0 Å². The molecule has 0 aliphatic rings. The van der Waals surface area contributed by atoms with Gasteiger partial charge in [0, 0.05) is 17.7 Å². The number of benzene rings is 1. The van der Waals surface area contributed by atoms with Crippen LogP contribution in [0.15, 0.2) is 40.3 Å². The Morgan fingerprint density at radius 2 is 2.00 bits per heavy atom. The molecule has 0 spiro atoms. The number of furan rings is 1. The standard InChI is InChI=1S/C19H18N2O4/c1-11(2)21-18(22)13(10-20)9-14-7-8-17(25-14)15-5-4-6-16(12(15)3)19(23)24/h4-9,11H,1-3H3,(H,21,22)(H,23,24)/b13-9+. The molecule has 1 heterocycles. The van der Waals surface area contributed by atoms with E-state index in [1.165, 1.54) is 12.1 Å². The molecule has 25 heavy (non-hydrogen) atoms. The van der Waals surface area contributed by atoms with Crippen molar-refractivity contribution in [3.05, 3.63) is 52.8 Å². The van der Waals surface area contributed by atoms with E-state index in [1.54, 1.807) is 45.0 Å². The quantitative estimate of drug-likeness (QED) is 0.642. The first-order valence-corrected chi connectivity index (χ1v) is 7.69. The number of carbonyl (C=O) groups excluding carboxylic acids is 1. The van der Waals surface area contributed by atoms with E-state index < -0.39 is 11.9 Å². The van der Waals surface area contributed by atoms with E-state index in [-0.39, 0.29) is 17.2 Å². The summed E-state index contributed by atoms with van der Waals surface area (Å²) in [5, 5.41) is 21.0. The van der Waals surface area contributed by atoms with Crippen molar-refractivity contribution in [3.8, 4) is 17.4 Å². The van der Waals surface area contributed by atoms with Crippen molar-refractivity contribution in [1.29, 1.82) is 5.26 Å². The Labute approximate surface area is 145 Å². The van der Waals surface area contributed by atoms with E-state index in [1.807, 2.05) is 6.07 Å². The number of rotatable bonds is 5. The first-order valence-electron chi connectivity index (χ1n) is 7.69. The molecule has 0 fully saturated rings. The van der Waals surface area contributed by atoms with E-state index >= 15 is 0 Å². The Balaban J connectivity index is 2.36. The number of aromatic carboxylic acids is 1. The topological polar surface area (TPSA) is 103 Å². The number of carbonyl (C=O) groups is 2. The zero-order valence-electron chi connectivity index (χ0n) is 14.2. The molecule has 0 radical (unpaired) electrons. The minimum Gasteiger partial charge on any atom is -0.478 e. The van der Waals surface area contributed by atoms with Crippen molar-refractivity contribution >= 4 is 18.0 Å². The van der Waals surface area contributed by atoms with E-state index in [4.69, 9.17) is 9.68 Å². The largest absolute Gasteiger partial charge is 0.478 e. The second-order valence-corrected chi connectivity index (χ2v) is 5.78. The molecule has 0 aliphatic heterocycles. The SMILES string of the molecule is Cc1c(C(=O)O)cccc1-c1ccc(/C=C(\C#N)C(=O)NC(C)C)o1. The molecule has 0 aliphatic carbocycles. The van der Waals surface area contributed by atoms with Crippen LogP contribution >= 0.6 is 0 Å². The lowest BCUT2D eigenvalue weighted by molar-refractivity contribution is -0.117. The molecule has 2 rings (SSSR count). The minimum absolute atomic E-state index is 0.0643.